The molecule has 2 rings (SSSR count). The Balaban J connectivity index is 2.61. The molecule has 1 fully saturated rings. The molecule has 1 heterocycles. The van der Waals surface area contributed by atoms with Crippen molar-refractivity contribution >= 4 is 17.9 Å². The third-order valence-corrected chi connectivity index (χ3v) is 6.05. The second kappa shape index (κ2) is 12.7. The van der Waals surface area contributed by atoms with Crippen molar-refractivity contribution < 1.29 is 43.5 Å². The molecule has 35 heavy (non-hydrogen) atoms. The van der Waals surface area contributed by atoms with E-state index in [4.69, 9.17) is 18.9 Å². The topological polar surface area (TPSA) is 118 Å². The quantitative estimate of drug-likeness (QED) is 0.181. The van der Waals surface area contributed by atoms with Crippen molar-refractivity contribution in [1.29, 1.82) is 0 Å². The maximum atomic E-state index is 12.1. The van der Waals surface area contributed by atoms with Crippen LogP contribution in [-0.2, 0) is 38.2 Å². The SMILES string of the molecule is C=C1CC[C@@H](OO)C(=C)CC[C@@H]2C([C@@H](OC(C)=O)[C@H](C=C(C)C)OC(C)=O)=CO[C@H](OC(C)=O)[C@@H]12. The van der Waals surface area contributed by atoms with Gasteiger partial charge in [-0.3, -0.25) is 19.6 Å². The number of rotatable bonds is 7. The summed E-state index contributed by atoms with van der Waals surface area (Å²) in [6.45, 7) is 15.8. The lowest BCUT2D eigenvalue weighted by atomic mass is 9.74. The molecule has 9 nitrogen and oxygen atoms in total. The predicted octanol–water partition coefficient (Wildman–Crippen LogP) is 4.40. The Morgan fingerprint density at radius 1 is 1.00 bits per heavy atom. The third-order valence-electron chi connectivity index (χ3n) is 6.05. The Bertz CT molecular complexity index is 896. The van der Waals surface area contributed by atoms with E-state index in [0.29, 0.717) is 36.8 Å². The first-order chi connectivity index (χ1) is 16.4. The smallest absolute Gasteiger partial charge is 0.305 e. The van der Waals surface area contributed by atoms with Gasteiger partial charge in [0.15, 0.2) is 12.2 Å². The Morgan fingerprint density at radius 3 is 2.17 bits per heavy atom. The Morgan fingerprint density at radius 2 is 1.63 bits per heavy atom. The van der Waals surface area contributed by atoms with Crippen LogP contribution in [0.1, 0.15) is 60.3 Å². The number of esters is 3. The van der Waals surface area contributed by atoms with Crippen molar-refractivity contribution in [2.45, 2.75) is 84.9 Å². The predicted molar refractivity (Wildman–Crippen MR) is 126 cm³/mol. The van der Waals surface area contributed by atoms with Crippen LogP contribution in [0.4, 0.5) is 0 Å². The second-order valence-corrected chi connectivity index (χ2v) is 9.20. The molecule has 0 aromatic heterocycles. The number of fused-ring (bicyclic) bond motifs is 1. The molecule has 0 amide bonds. The molecule has 194 valence electrons. The summed E-state index contributed by atoms with van der Waals surface area (Å²) in [7, 11) is 0. The minimum absolute atomic E-state index is 0.359. The van der Waals surface area contributed by atoms with Crippen LogP contribution in [0.5, 0.6) is 0 Å². The lowest BCUT2D eigenvalue weighted by Crippen LogP contribution is -2.44. The van der Waals surface area contributed by atoms with E-state index in [1.165, 1.54) is 27.0 Å². The number of carbonyl (C=O) groups excluding carboxylic acids is 3. The molecule has 0 aromatic carbocycles. The lowest BCUT2D eigenvalue weighted by Gasteiger charge is -2.41. The van der Waals surface area contributed by atoms with Gasteiger partial charge in [-0.2, -0.15) is 0 Å². The molecule has 1 saturated carbocycles. The highest BCUT2D eigenvalue weighted by atomic mass is 17.1. The highest BCUT2D eigenvalue weighted by Crippen LogP contribution is 2.44. The lowest BCUT2D eigenvalue weighted by molar-refractivity contribution is -0.270. The molecule has 0 bridgehead atoms. The maximum Gasteiger partial charge on any atom is 0.305 e. The summed E-state index contributed by atoms with van der Waals surface area (Å²) in [5.74, 6) is -2.45. The molecule has 0 unspecified atom stereocenters. The molecule has 1 aliphatic heterocycles. The van der Waals surface area contributed by atoms with Gasteiger partial charge in [0.25, 0.3) is 0 Å². The van der Waals surface area contributed by atoms with Gasteiger partial charge in [0.1, 0.15) is 6.10 Å². The average molecular weight is 493 g/mol. The number of hydrogen-bond donors (Lipinski definition) is 1. The summed E-state index contributed by atoms with van der Waals surface area (Å²) in [6, 6.07) is 0. The van der Waals surface area contributed by atoms with Crippen molar-refractivity contribution in [1.82, 2.24) is 0 Å². The summed E-state index contributed by atoms with van der Waals surface area (Å²) in [5.41, 5.74) is 2.84. The zero-order valence-electron chi connectivity index (χ0n) is 21.1. The van der Waals surface area contributed by atoms with Gasteiger partial charge >= 0.3 is 17.9 Å². The standard InChI is InChI=1S/C26H36O9/c1-14(2)12-23(32-17(5)27)25(33-18(6)28)21-13-31-26(34-19(7)29)24-16(4)9-11-22(35-30)15(3)8-10-20(21)24/h12-13,20,22-26,30H,3-4,8-11H2,1-2,5-7H3/t20-,22-,23+,24+,25-,26-/m1/s1. The van der Waals surface area contributed by atoms with Gasteiger partial charge in [0, 0.05) is 32.3 Å². The second-order valence-electron chi connectivity index (χ2n) is 9.20. The van der Waals surface area contributed by atoms with Gasteiger partial charge in [-0.15, -0.1) is 0 Å². The highest BCUT2D eigenvalue weighted by molar-refractivity contribution is 5.68. The number of allylic oxidation sites excluding steroid dienone is 1. The van der Waals surface area contributed by atoms with Crippen LogP contribution in [0, 0.1) is 11.8 Å². The fourth-order valence-electron chi connectivity index (χ4n) is 4.60. The molecular weight excluding hydrogens is 456 g/mol. The molecule has 9 heteroatoms. The first-order valence-corrected chi connectivity index (χ1v) is 11.6. The van der Waals surface area contributed by atoms with E-state index in [1.54, 1.807) is 6.08 Å². The minimum Gasteiger partial charge on any atom is -0.462 e. The Kier molecular flexibility index (Phi) is 10.3. The normalized spacial score (nSPS) is 26.3. The van der Waals surface area contributed by atoms with E-state index in [-0.39, 0.29) is 5.92 Å². The highest BCUT2D eigenvalue weighted by Gasteiger charge is 2.45. The fraction of sp³-hybridized carbons (Fsp3) is 0.577. The van der Waals surface area contributed by atoms with Gasteiger partial charge < -0.3 is 18.9 Å². The fourth-order valence-corrected chi connectivity index (χ4v) is 4.60. The van der Waals surface area contributed by atoms with Gasteiger partial charge in [-0.1, -0.05) is 24.3 Å². The first-order valence-electron chi connectivity index (χ1n) is 11.6. The zero-order valence-corrected chi connectivity index (χ0v) is 21.1. The molecule has 1 aliphatic carbocycles. The van der Waals surface area contributed by atoms with Crippen LogP contribution < -0.4 is 0 Å². The van der Waals surface area contributed by atoms with E-state index < -0.39 is 48.4 Å². The average Bonchev–Trinajstić information content (AvgIpc) is 2.80. The minimum atomic E-state index is -0.983. The van der Waals surface area contributed by atoms with Crippen molar-refractivity contribution in [3.63, 3.8) is 0 Å². The van der Waals surface area contributed by atoms with Crippen molar-refractivity contribution in [3.8, 4) is 0 Å². The molecule has 0 radical (unpaired) electrons. The molecular formula is C26H36O9. The summed E-state index contributed by atoms with van der Waals surface area (Å²) < 4.78 is 22.6. The van der Waals surface area contributed by atoms with Crippen LogP contribution >= 0.6 is 0 Å². The van der Waals surface area contributed by atoms with Crippen molar-refractivity contribution in [2.24, 2.45) is 11.8 Å². The summed E-state index contributed by atoms with van der Waals surface area (Å²) >= 11 is 0. The third kappa shape index (κ3) is 7.80. The van der Waals surface area contributed by atoms with Gasteiger partial charge in [0.2, 0.25) is 6.29 Å². The van der Waals surface area contributed by atoms with E-state index in [0.717, 1.165) is 11.1 Å². The van der Waals surface area contributed by atoms with Gasteiger partial charge in [0.05, 0.1) is 12.2 Å². The largest absolute Gasteiger partial charge is 0.462 e. The summed E-state index contributed by atoms with van der Waals surface area (Å²) in [4.78, 5) is 40.5. The number of hydrogen-bond acceptors (Lipinski definition) is 9. The van der Waals surface area contributed by atoms with E-state index in [1.807, 2.05) is 13.8 Å². The number of ether oxygens (including phenoxy) is 4. The molecule has 0 spiro atoms. The van der Waals surface area contributed by atoms with Gasteiger partial charge in [-0.05, 0) is 51.2 Å². The van der Waals surface area contributed by atoms with Gasteiger partial charge in [-0.25, -0.2) is 4.89 Å². The molecule has 6 atom stereocenters. The molecule has 0 saturated heterocycles. The van der Waals surface area contributed by atoms with Crippen LogP contribution in [0.25, 0.3) is 0 Å². The van der Waals surface area contributed by atoms with E-state index in [2.05, 4.69) is 18.0 Å². The van der Waals surface area contributed by atoms with Crippen LogP contribution in [0.2, 0.25) is 0 Å². The Labute approximate surface area is 206 Å². The van der Waals surface area contributed by atoms with E-state index in [9.17, 15) is 19.6 Å². The van der Waals surface area contributed by atoms with Crippen molar-refractivity contribution in [3.05, 3.63) is 47.8 Å². The molecule has 1 N–H and O–H groups in total. The van der Waals surface area contributed by atoms with Crippen LogP contribution in [0.15, 0.2) is 47.8 Å². The molecule has 2 aliphatic rings. The van der Waals surface area contributed by atoms with Crippen LogP contribution in [-0.4, -0.2) is 47.8 Å². The summed E-state index contributed by atoms with van der Waals surface area (Å²) in [6.07, 6.45) is 1.56. The summed E-state index contributed by atoms with van der Waals surface area (Å²) in [5, 5.41) is 9.36. The van der Waals surface area contributed by atoms with E-state index >= 15 is 0 Å². The van der Waals surface area contributed by atoms with Crippen LogP contribution in [0.3, 0.4) is 0 Å². The van der Waals surface area contributed by atoms with Crippen molar-refractivity contribution in [2.75, 3.05) is 0 Å². The maximum absolute atomic E-state index is 12.1. The monoisotopic (exact) mass is 492 g/mol. The Hall–Kier alpha value is -2.91. The first kappa shape index (κ1) is 28.3. The molecule has 0 aromatic rings. The number of carbonyl (C=O) groups is 3. The zero-order chi connectivity index (χ0) is 26.3.